The summed E-state index contributed by atoms with van der Waals surface area (Å²) in [6.45, 7) is 1.88. The van der Waals surface area contributed by atoms with Crippen LogP contribution < -0.4 is 0 Å². The first-order valence-electron chi connectivity index (χ1n) is 8.39. The van der Waals surface area contributed by atoms with Crippen molar-refractivity contribution >= 4 is 15.6 Å². The first-order chi connectivity index (χ1) is 13.3. The van der Waals surface area contributed by atoms with Crippen LogP contribution in [0, 0.1) is 24.6 Å². The molecular formula is C22H17FN2O2S. The summed E-state index contributed by atoms with van der Waals surface area (Å²) >= 11 is 0. The predicted octanol–water partition coefficient (Wildman–Crippen LogP) is 4.23. The highest BCUT2D eigenvalue weighted by Gasteiger charge is 2.12. The van der Waals surface area contributed by atoms with E-state index in [-0.39, 0.29) is 11.4 Å². The lowest BCUT2D eigenvalue weighted by Crippen LogP contribution is -2.04. The smallest absolute Gasteiger partial charge is 0.266 e. The molecule has 1 atom stereocenters. The van der Waals surface area contributed by atoms with Gasteiger partial charge in [0.15, 0.2) is 0 Å². The number of carbonyl (C=O) groups excluding carboxylic acids is 1. The third kappa shape index (κ3) is 4.90. The van der Waals surface area contributed by atoms with Gasteiger partial charge in [0.2, 0.25) is 0 Å². The number of pyridine rings is 1. The Kier molecular flexibility index (Phi) is 5.67. The molecule has 0 saturated heterocycles. The first kappa shape index (κ1) is 19.5. The van der Waals surface area contributed by atoms with E-state index in [0.29, 0.717) is 16.0 Å². The summed E-state index contributed by atoms with van der Waals surface area (Å²) in [5.41, 5.74) is 2.11. The molecular weight excluding hydrogens is 375 g/mol. The molecule has 0 bridgehead atoms. The van der Waals surface area contributed by atoms with Gasteiger partial charge in [-0.15, -0.1) is 0 Å². The molecule has 0 radical (unpaired) electrons. The molecule has 0 N–H and O–H groups in total. The maximum atomic E-state index is 13.2. The highest BCUT2D eigenvalue weighted by atomic mass is 32.2. The molecule has 2 aromatic carbocycles. The lowest BCUT2D eigenvalue weighted by atomic mass is 10.1. The van der Waals surface area contributed by atoms with E-state index in [2.05, 4.69) is 21.2 Å². The van der Waals surface area contributed by atoms with Crippen LogP contribution in [0.5, 0.6) is 0 Å². The summed E-state index contributed by atoms with van der Waals surface area (Å²) in [6.07, 6.45) is 4.28. The Labute approximate surface area is 163 Å². The van der Waals surface area contributed by atoms with Gasteiger partial charge in [-0.1, -0.05) is 30.0 Å². The van der Waals surface area contributed by atoms with Crippen molar-refractivity contribution in [1.29, 1.82) is 0 Å². The Balaban J connectivity index is 1.90. The number of aromatic nitrogens is 1. The van der Waals surface area contributed by atoms with E-state index in [1.807, 2.05) is 13.0 Å². The van der Waals surface area contributed by atoms with E-state index < -0.39 is 15.6 Å². The van der Waals surface area contributed by atoms with E-state index in [1.165, 1.54) is 36.8 Å². The van der Waals surface area contributed by atoms with Crippen molar-refractivity contribution in [3.8, 4) is 11.8 Å². The molecule has 0 fully saturated rings. The average Bonchev–Trinajstić information content (AvgIpc) is 2.66. The Morgan fingerprint density at radius 3 is 2.54 bits per heavy atom. The molecule has 1 amide bonds. The maximum Gasteiger partial charge on any atom is 0.286 e. The van der Waals surface area contributed by atoms with Crippen molar-refractivity contribution in [1.82, 2.24) is 4.98 Å². The normalized spacial score (nSPS) is 12.4. The van der Waals surface area contributed by atoms with Crippen molar-refractivity contribution in [2.45, 2.75) is 11.8 Å². The van der Waals surface area contributed by atoms with Crippen LogP contribution >= 0.6 is 0 Å². The number of amides is 1. The van der Waals surface area contributed by atoms with Gasteiger partial charge in [0.25, 0.3) is 5.91 Å². The number of hydrogen-bond donors (Lipinski definition) is 0. The Hall–Kier alpha value is -3.30. The second-order valence-corrected chi connectivity index (χ2v) is 8.50. The zero-order valence-electron chi connectivity index (χ0n) is 15.3. The highest BCUT2D eigenvalue weighted by molar-refractivity contribution is 7.93. The molecule has 3 rings (SSSR count). The van der Waals surface area contributed by atoms with E-state index in [9.17, 15) is 13.4 Å². The molecule has 1 heterocycles. The molecule has 1 aromatic heterocycles. The van der Waals surface area contributed by atoms with Crippen LogP contribution in [-0.4, -0.2) is 21.4 Å². The molecule has 4 nitrogen and oxygen atoms in total. The number of benzene rings is 2. The maximum absolute atomic E-state index is 13.2. The molecule has 0 aliphatic carbocycles. The van der Waals surface area contributed by atoms with Gasteiger partial charge in [-0.3, -0.25) is 9.78 Å². The molecule has 1 unspecified atom stereocenters. The van der Waals surface area contributed by atoms with Crippen LogP contribution in [0.4, 0.5) is 4.39 Å². The average molecular weight is 392 g/mol. The number of aryl methyl sites for hydroxylation is 1. The van der Waals surface area contributed by atoms with Crippen LogP contribution in [0.2, 0.25) is 0 Å². The molecule has 140 valence electrons. The third-order valence-corrected chi connectivity index (χ3v) is 5.49. The highest BCUT2D eigenvalue weighted by Crippen LogP contribution is 2.15. The number of nitrogens with zero attached hydrogens (tertiary/aromatic N) is 2. The van der Waals surface area contributed by atoms with Gasteiger partial charge in [-0.05, 0) is 48.9 Å². The SMILES string of the molecule is Cc1cccc(S(C)(=O)=NC(=O)c2cncc(C#Cc3cccc(F)c3)c2)c1. The van der Waals surface area contributed by atoms with Crippen LogP contribution in [0.1, 0.15) is 27.0 Å². The molecule has 28 heavy (non-hydrogen) atoms. The van der Waals surface area contributed by atoms with Gasteiger partial charge in [0.1, 0.15) is 5.82 Å². The number of halogens is 1. The first-order valence-corrected chi connectivity index (χ1v) is 10.3. The Bertz CT molecular complexity index is 1230. The fourth-order valence-electron chi connectivity index (χ4n) is 2.45. The molecule has 3 aromatic rings. The van der Waals surface area contributed by atoms with Crippen molar-refractivity contribution in [3.63, 3.8) is 0 Å². The standard InChI is InChI=1S/C22H17FN2O2S/c1-16-5-3-8-21(11-16)28(2,27)25-22(26)19-12-18(14-24-15-19)10-9-17-6-4-7-20(23)13-17/h3-8,11-15H,1-2H3. The summed E-state index contributed by atoms with van der Waals surface area (Å²) in [6, 6.07) is 14.5. The van der Waals surface area contributed by atoms with Crippen molar-refractivity contribution < 1.29 is 13.4 Å². The second kappa shape index (κ2) is 8.15. The lowest BCUT2D eigenvalue weighted by molar-refractivity contribution is 0.100. The monoisotopic (exact) mass is 392 g/mol. The van der Waals surface area contributed by atoms with Crippen molar-refractivity contribution in [3.05, 3.63) is 95.1 Å². The van der Waals surface area contributed by atoms with Gasteiger partial charge >= 0.3 is 0 Å². The second-order valence-electron chi connectivity index (χ2n) is 6.24. The summed E-state index contributed by atoms with van der Waals surface area (Å²) in [7, 11) is -2.88. The van der Waals surface area contributed by atoms with E-state index in [1.54, 1.807) is 30.3 Å². The number of carbonyl (C=O) groups is 1. The summed E-state index contributed by atoms with van der Waals surface area (Å²) in [5, 5.41) is 0. The lowest BCUT2D eigenvalue weighted by Gasteiger charge is -2.05. The van der Waals surface area contributed by atoms with Gasteiger partial charge in [-0.25, -0.2) is 8.60 Å². The molecule has 6 heteroatoms. The molecule has 0 aliphatic heterocycles. The summed E-state index contributed by atoms with van der Waals surface area (Å²) < 4.78 is 30.0. The molecule has 0 spiro atoms. The van der Waals surface area contributed by atoms with Crippen LogP contribution in [-0.2, 0) is 9.73 Å². The van der Waals surface area contributed by atoms with Gasteiger partial charge < -0.3 is 0 Å². The third-order valence-electron chi connectivity index (χ3n) is 3.84. The summed E-state index contributed by atoms with van der Waals surface area (Å²) in [4.78, 5) is 17.0. The van der Waals surface area contributed by atoms with Gasteiger partial charge in [0.05, 0.1) is 15.3 Å². The number of rotatable bonds is 2. The fraction of sp³-hybridized carbons (Fsp3) is 0.0909. The fourth-order valence-corrected chi connectivity index (χ4v) is 3.71. The Morgan fingerprint density at radius 1 is 1.04 bits per heavy atom. The van der Waals surface area contributed by atoms with Crippen LogP contribution in [0.25, 0.3) is 0 Å². The zero-order chi connectivity index (χ0) is 20.1. The van der Waals surface area contributed by atoms with Crippen LogP contribution in [0.15, 0.2) is 76.2 Å². The van der Waals surface area contributed by atoms with E-state index >= 15 is 0 Å². The minimum absolute atomic E-state index is 0.188. The van der Waals surface area contributed by atoms with Crippen molar-refractivity contribution in [2.24, 2.45) is 4.36 Å². The predicted molar refractivity (Wildman–Crippen MR) is 107 cm³/mol. The largest absolute Gasteiger partial charge is 0.286 e. The quantitative estimate of drug-likeness (QED) is 0.614. The minimum atomic E-state index is -2.88. The molecule has 0 aliphatic rings. The van der Waals surface area contributed by atoms with E-state index in [0.717, 1.165) is 5.56 Å². The van der Waals surface area contributed by atoms with E-state index in [4.69, 9.17) is 0 Å². The van der Waals surface area contributed by atoms with Gasteiger partial charge in [-0.2, -0.15) is 4.36 Å². The van der Waals surface area contributed by atoms with Crippen LogP contribution in [0.3, 0.4) is 0 Å². The topological polar surface area (TPSA) is 59.4 Å². The zero-order valence-corrected chi connectivity index (χ0v) is 16.2. The van der Waals surface area contributed by atoms with Crippen molar-refractivity contribution in [2.75, 3.05) is 6.26 Å². The Morgan fingerprint density at radius 2 is 1.79 bits per heavy atom. The molecule has 0 saturated carbocycles. The number of hydrogen-bond acceptors (Lipinski definition) is 3. The van der Waals surface area contributed by atoms with Gasteiger partial charge in [0, 0.05) is 34.7 Å². The summed E-state index contributed by atoms with van der Waals surface area (Å²) in [5.74, 6) is 4.66. The minimum Gasteiger partial charge on any atom is -0.266 e.